The Kier molecular flexibility index (Phi) is 16.8. The van der Waals surface area contributed by atoms with Gasteiger partial charge in [-0.1, -0.05) is 70.4 Å². The van der Waals surface area contributed by atoms with Gasteiger partial charge in [-0.3, -0.25) is 19.7 Å². The first kappa shape index (κ1) is 22.6. The largest absolute Gasteiger partial charge is 0.292 e. The maximum atomic E-state index is 11.2. The van der Waals surface area contributed by atoms with Crippen molar-refractivity contribution in [1.82, 2.24) is 5.32 Å². The summed E-state index contributed by atoms with van der Waals surface area (Å²) in [6.07, 6.45) is 20.8. The van der Waals surface area contributed by atoms with Crippen LogP contribution in [-0.2, 0) is 14.4 Å². The van der Waals surface area contributed by atoms with Crippen LogP contribution in [0.15, 0.2) is 12.2 Å². The van der Waals surface area contributed by atoms with Crippen molar-refractivity contribution < 1.29 is 14.4 Å². The summed E-state index contributed by atoms with van der Waals surface area (Å²) in [5.74, 6) is -1.21. The van der Waals surface area contributed by atoms with Crippen LogP contribution in [0.3, 0.4) is 0 Å². The van der Waals surface area contributed by atoms with Gasteiger partial charge in [-0.15, -0.1) is 0 Å². The predicted molar refractivity (Wildman–Crippen MR) is 98.7 cm³/mol. The molecule has 0 atom stereocenters. The summed E-state index contributed by atoms with van der Waals surface area (Å²) in [6.45, 7) is 2.25. The van der Waals surface area contributed by atoms with Crippen LogP contribution < -0.4 is 5.32 Å². The number of carbonyl (C=O) groups is 3. The van der Waals surface area contributed by atoms with Crippen LogP contribution in [0.5, 0.6) is 0 Å². The van der Waals surface area contributed by atoms with E-state index in [0.717, 1.165) is 25.7 Å². The zero-order valence-electron chi connectivity index (χ0n) is 15.4. The van der Waals surface area contributed by atoms with Gasteiger partial charge < -0.3 is 0 Å². The number of unbranched alkanes of at least 4 members (excludes halogenated alkanes) is 11. The number of amides is 2. The number of rotatable bonds is 16. The Morgan fingerprint density at radius 3 is 1.79 bits per heavy atom. The molecular weight excluding hydrogens is 302 g/mol. The Bertz CT molecular complexity index is 364. The molecule has 0 aromatic heterocycles. The summed E-state index contributed by atoms with van der Waals surface area (Å²) >= 11 is 0. The number of hydrogen-bond donors (Lipinski definition) is 1. The summed E-state index contributed by atoms with van der Waals surface area (Å²) in [5.41, 5.74) is 0. The lowest BCUT2D eigenvalue weighted by molar-refractivity contribution is -0.136. The highest BCUT2D eigenvalue weighted by Crippen LogP contribution is 2.09. The van der Waals surface area contributed by atoms with E-state index in [0.29, 0.717) is 6.42 Å². The van der Waals surface area contributed by atoms with Crippen LogP contribution in [0, 0.1) is 0 Å². The Morgan fingerprint density at radius 2 is 1.25 bits per heavy atom. The van der Waals surface area contributed by atoms with Crippen LogP contribution in [0.4, 0.5) is 0 Å². The molecule has 0 unspecified atom stereocenters. The van der Waals surface area contributed by atoms with Gasteiger partial charge in [0.05, 0.1) is 0 Å². The van der Waals surface area contributed by atoms with E-state index in [2.05, 4.69) is 19.1 Å². The van der Waals surface area contributed by atoms with Crippen molar-refractivity contribution in [3.05, 3.63) is 12.2 Å². The second-order valence-corrected chi connectivity index (χ2v) is 6.36. The van der Waals surface area contributed by atoms with Gasteiger partial charge in [-0.05, 0) is 32.1 Å². The van der Waals surface area contributed by atoms with E-state index in [9.17, 15) is 14.4 Å². The Hall–Kier alpha value is -1.45. The minimum atomic E-state index is -0.854. The molecule has 0 fully saturated rings. The molecular formula is C20H35NO3. The van der Waals surface area contributed by atoms with Gasteiger partial charge >= 0.3 is 0 Å². The average molecular weight is 338 g/mol. The van der Waals surface area contributed by atoms with Crippen LogP contribution in [0.2, 0.25) is 0 Å². The molecule has 0 bridgehead atoms. The van der Waals surface area contributed by atoms with Crippen molar-refractivity contribution in [2.75, 3.05) is 0 Å². The zero-order chi connectivity index (χ0) is 17.9. The molecule has 138 valence electrons. The molecule has 0 spiro atoms. The molecule has 4 nitrogen and oxygen atoms in total. The molecule has 1 N–H and O–H groups in total. The Morgan fingerprint density at radius 1 is 0.750 bits per heavy atom. The van der Waals surface area contributed by atoms with Crippen LogP contribution >= 0.6 is 0 Å². The molecule has 0 aliphatic rings. The van der Waals surface area contributed by atoms with Gasteiger partial charge in [-0.2, -0.15) is 0 Å². The van der Waals surface area contributed by atoms with Crippen molar-refractivity contribution in [2.45, 2.75) is 96.8 Å². The highest BCUT2D eigenvalue weighted by atomic mass is 16.2. The minimum absolute atomic E-state index is 0.123. The maximum absolute atomic E-state index is 11.2. The fourth-order valence-corrected chi connectivity index (χ4v) is 2.59. The first-order valence-electron chi connectivity index (χ1n) is 9.64. The van der Waals surface area contributed by atoms with Gasteiger partial charge in [0.2, 0.25) is 12.2 Å². The lowest BCUT2D eigenvalue weighted by atomic mass is 10.1. The van der Waals surface area contributed by atoms with E-state index in [4.69, 9.17) is 0 Å². The van der Waals surface area contributed by atoms with Gasteiger partial charge in [0.15, 0.2) is 0 Å². The van der Waals surface area contributed by atoms with Crippen LogP contribution in [-0.4, -0.2) is 18.1 Å². The van der Waals surface area contributed by atoms with Crippen LogP contribution in [0.1, 0.15) is 96.8 Å². The van der Waals surface area contributed by atoms with E-state index in [1.165, 1.54) is 57.8 Å². The van der Waals surface area contributed by atoms with Gasteiger partial charge in [0.25, 0.3) is 5.91 Å². The van der Waals surface area contributed by atoms with Gasteiger partial charge in [0.1, 0.15) is 0 Å². The smallest absolute Gasteiger partial charge is 0.290 e. The first-order chi connectivity index (χ1) is 11.7. The van der Waals surface area contributed by atoms with Gasteiger partial charge in [-0.25, -0.2) is 0 Å². The third-order valence-corrected chi connectivity index (χ3v) is 4.04. The number of imide groups is 1. The lowest BCUT2D eigenvalue weighted by Gasteiger charge is -2.01. The first-order valence-corrected chi connectivity index (χ1v) is 9.64. The number of hydrogen-bond acceptors (Lipinski definition) is 3. The topological polar surface area (TPSA) is 63.2 Å². The SMILES string of the molecule is CCCCCCCCC=CCCCCCCCC(=O)NC(=O)C=O. The average Bonchev–Trinajstić information content (AvgIpc) is 2.58. The van der Waals surface area contributed by atoms with E-state index in [1.54, 1.807) is 0 Å². The lowest BCUT2D eigenvalue weighted by Crippen LogP contribution is -2.30. The molecule has 24 heavy (non-hydrogen) atoms. The molecule has 0 aromatic rings. The molecule has 0 rings (SSSR count). The molecule has 2 amide bonds. The Balaban J connectivity index is 3.24. The molecule has 0 radical (unpaired) electrons. The molecule has 0 aromatic carbocycles. The van der Waals surface area contributed by atoms with E-state index in [-0.39, 0.29) is 12.2 Å². The summed E-state index contributed by atoms with van der Waals surface area (Å²) in [4.78, 5) is 32.0. The summed E-state index contributed by atoms with van der Waals surface area (Å²) in [6, 6.07) is 0. The third-order valence-electron chi connectivity index (χ3n) is 4.04. The van der Waals surface area contributed by atoms with E-state index < -0.39 is 5.91 Å². The van der Waals surface area contributed by atoms with Crippen molar-refractivity contribution in [3.63, 3.8) is 0 Å². The molecule has 0 aliphatic heterocycles. The van der Waals surface area contributed by atoms with Crippen molar-refractivity contribution in [3.8, 4) is 0 Å². The third kappa shape index (κ3) is 16.9. The molecule has 0 heterocycles. The molecule has 4 heteroatoms. The monoisotopic (exact) mass is 337 g/mol. The molecule has 0 saturated carbocycles. The quantitative estimate of drug-likeness (QED) is 0.189. The van der Waals surface area contributed by atoms with Crippen molar-refractivity contribution >= 4 is 18.1 Å². The number of nitrogens with one attached hydrogen (secondary N) is 1. The fraction of sp³-hybridized carbons (Fsp3) is 0.750. The van der Waals surface area contributed by atoms with Crippen molar-refractivity contribution in [1.29, 1.82) is 0 Å². The number of carbonyl (C=O) groups excluding carboxylic acids is 3. The summed E-state index contributed by atoms with van der Waals surface area (Å²) in [7, 11) is 0. The second-order valence-electron chi connectivity index (χ2n) is 6.36. The number of aldehydes is 1. The summed E-state index contributed by atoms with van der Waals surface area (Å²) in [5, 5.41) is 2.02. The maximum Gasteiger partial charge on any atom is 0.290 e. The summed E-state index contributed by atoms with van der Waals surface area (Å²) < 4.78 is 0. The number of allylic oxidation sites excluding steroid dienone is 2. The van der Waals surface area contributed by atoms with Crippen LogP contribution in [0.25, 0.3) is 0 Å². The zero-order valence-corrected chi connectivity index (χ0v) is 15.4. The second kappa shape index (κ2) is 17.9. The van der Waals surface area contributed by atoms with Gasteiger partial charge in [0, 0.05) is 6.42 Å². The minimum Gasteiger partial charge on any atom is -0.292 e. The highest BCUT2D eigenvalue weighted by molar-refractivity contribution is 6.27. The Labute approximate surface area is 147 Å². The molecule has 0 saturated heterocycles. The predicted octanol–water partition coefficient (Wildman–Crippen LogP) is 4.87. The molecule has 0 aliphatic carbocycles. The van der Waals surface area contributed by atoms with E-state index in [1.807, 2.05) is 5.32 Å². The van der Waals surface area contributed by atoms with E-state index >= 15 is 0 Å². The standard InChI is InChI=1S/C20H35NO3/c1-2-3-4-5-6-7-8-9-10-11-12-13-14-15-16-17-19(23)21-20(24)18-22/h9-10,18H,2-8,11-17H2,1H3,(H,21,23,24). The highest BCUT2D eigenvalue weighted by Gasteiger charge is 2.05. The normalized spacial score (nSPS) is 10.9. The fourth-order valence-electron chi connectivity index (χ4n) is 2.59. The van der Waals surface area contributed by atoms with Crippen molar-refractivity contribution in [2.24, 2.45) is 0 Å².